The number of rotatable bonds is 1. The number of aliphatic hydroxyl groups is 1. The molecule has 0 aromatic carbocycles. The van der Waals surface area contributed by atoms with E-state index in [1.165, 1.54) is 6.92 Å². The summed E-state index contributed by atoms with van der Waals surface area (Å²) in [5.74, 6) is -1.19. The molecule has 0 fully saturated rings. The van der Waals surface area contributed by atoms with E-state index < -0.39 is 12.1 Å². The first-order valence-electron chi connectivity index (χ1n) is 1.55. The van der Waals surface area contributed by atoms with Crippen LogP contribution in [-0.2, 0) is 4.79 Å². The Morgan fingerprint density at radius 1 is 1.71 bits per heavy atom. The zero-order valence-corrected chi connectivity index (χ0v) is 5.98. The van der Waals surface area contributed by atoms with E-state index in [9.17, 15) is 4.79 Å². The minimum atomic E-state index is -1.23. The second-order valence-corrected chi connectivity index (χ2v) is 1.01. The Morgan fingerprint density at radius 2 is 1.86 bits per heavy atom. The van der Waals surface area contributed by atoms with Crippen LogP contribution >= 0.6 is 0 Å². The molecule has 0 aliphatic heterocycles. The summed E-state index contributed by atoms with van der Waals surface area (Å²) in [5.41, 5.74) is 0. The fourth-order valence-corrected chi connectivity index (χ4v) is 0. The minimum Gasteiger partial charge on any atom is -0.479 e. The van der Waals surface area contributed by atoms with Crippen LogP contribution in [0.2, 0.25) is 0 Å². The Balaban J connectivity index is 0. The normalized spacial score (nSPS) is 11.7. The summed E-state index contributed by atoms with van der Waals surface area (Å²) in [6, 6.07) is 0. The third kappa shape index (κ3) is 5.97. The van der Waals surface area contributed by atoms with Crippen LogP contribution in [-0.4, -0.2) is 39.9 Å². The molecule has 0 spiro atoms. The molecule has 0 aromatic heterocycles. The molecular formula is C3H6GeO3. The first-order chi connectivity index (χ1) is 2.64. The van der Waals surface area contributed by atoms with E-state index in [-0.39, 0.29) is 17.6 Å². The van der Waals surface area contributed by atoms with Crippen LogP contribution in [0, 0.1) is 0 Å². The SMILES string of the molecule is CC(O)C(=O)O.[Ge]. The van der Waals surface area contributed by atoms with Gasteiger partial charge in [-0.3, -0.25) is 0 Å². The Kier molecular flexibility index (Phi) is 5.95. The van der Waals surface area contributed by atoms with Crippen molar-refractivity contribution in [2.24, 2.45) is 0 Å². The van der Waals surface area contributed by atoms with E-state index in [2.05, 4.69) is 0 Å². The summed E-state index contributed by atoms with van der Waals surface area (Å²) in [6.07, 6.45) is -1.23. The molecule has 0 aliphatic carbocycles. The maximum atomic E-state index is 9.45. The summed E-state index contributed by atoms with van der Waals surface area (Å²) in [6.45, 7) is 1.20. The number of aliphatic hydroxyl groups excluding tert-OH is 1. The molecule has 3 nitrogen and oxygen atoms in total. The van der Waals surface area contributed by atoms with Gasteiger partial charge in [-0.1, -0.05) is 0 Å². The summed E-state index contributed by atoms with van der Waals surface area (Å²) in [7, 11) is 0. The van der Waals surface area contributed by atoms with E-state index in [0.29, 0.717) is 0 Å². The van der Waals surface area contributed by atoms with E-state index in [0.717, 1.165) is 0 Å². The molecule has 0 saturated heterocycles. The molecule has 0 aromatic rings. The van der Waals surface area contributed by atoms with E-state index in [4.69, 9.17) is 10.2 Å². The summed E-state index contributed by atoms with van der Waals surface area (Å²) in [4.78, 5) is 9.45. The third-order valence-electron chi connectivity index (χ3n) is 0.357. The average Bonchev–Trinajstić information content (AvgIpc) is 1.36. The molecule has 2 N–H and O–H groups in total. The molecule has 0 rings (SSSR count). The number of carbonyl (C=O) groups is 1. The quantitative estimate of drug-likeness (QED) is 0.490. The number of carboxylic acid groups (broad SMARTS) is 1. The number of hydrogen-bond acceptors (Lipinski definition) is 2. The van der Waals surface area contributed by atoms with Crippen LogP contribution in [0.5, 0.6) is 0 Å². The molecule has 0 aliphatic rings. The van der Waals surface area contributed by atoms with Crippen molar-refractivity contribution in [3.05, 3.63) is 0 Å². The van der Waals surface area contributed by atoms with Gasteiger partial charge in [0, 0.05) is 17.6 Å². The molecule has 1 atom stereocenters. The van der Waals surface area contributed by atoms with Gasteiger partial charge in [0.25, 0.3) is 0 Å². The van der Waals surface area contributed by atoms with Crippen molar-refractivity contribution in [1.82, 2.24) is 0 Å². The van der Waals surface area contributed by atoms with Crippen LogP contribution in [0.4, 0.5) is 0 Å². The first kappa shape index (κ1) is 10.1. The van der Waals surface area contributed by atoms with Crippen LogP contribution in [0.15, 0.2) is 0 Å². The van der Waals surface area contributed by atoms with Crippen molar-refractivity contribution in [3.8, 4) is 0 Å². The van der Waals surface area contributed by atoms with Gasteiger partial charge in [-0.2, -0.15) is 0 Å². The molecule has 1 unspecified atom stereocenters. The average molecular weight is 163 g/mol. The van der Waals surface area contributed by atoms with Crippen LogP contribution < -0.4 is 0 Å². The van der Waals surface area contributed by atoms with Gasteiger partial charge in [0.05, 0.1) is 0 Å². The van der Waals surface area contributed by atoms with Gasteiger partial charge < -0.3 is 10.2 Å². The Bertz CT molecular complexity index is 61.2. The van der Waals surface area contributed by atoms with E-state index in [1.54, 1.807) is 0 Å². The molecule has 7 heavy (non-hydrogen) atoms. The van der Waals surface area contributed by atoms with Gasteiger partial charge >= 0.3 is 5.97 Å². The number of hydrogen-bond donors (Lipinski definition) is 2. The summed E-state index contributed by atoms with van der Waals surface area (Å²) >= 11 is 0. The Labute approximate surface area is 52.3 Å². The van der Waals surface area contributed by atoms with E-state index >= 15 is 0 Å². The molecule has 0 bridgehead atoms. The van der Waals surface area contributed by atoms with Crippen LogP contribution in [0.1, 0.15) is 6.92 Å². The van der Waals surface area contributed by atoms with Gasteiger partial charge in [-0.25, -0.2) is 4.79 Å². The maximum Gasteiger partial charge on any atom is 0.332 e. The van der Waals surface area contributed by atoms with Crippen molar-refractivity contribution in [3.63, 3.8) is 0 Å². The van der Waals surface area contributed by atoms with Crippen LogP contribution in [0.25, 0.3) is 0 Å². The third-order valence-corrected chi connectivity index (χ3v) is 0.357. The zero-order chi connectivity index (χ0) is 5.15. The molecule has 0 saturated carbocycles. The molecule has 40 valence electrons. The monoisotopic (exact) mass is 164 g/mol. The maximum absolute atomic E-state index is 9.45. The Hall–Kier alpha value is -0.0271. The smallest absolute Gasteiger partial charge is 0.332 e. The number of carboxylic acids is 1. The van der Waals surface area contributed by atoms with Crippen molar-refractivity contribution in [1.29, 1.82) is 0 Å². The molecule has 0 heterocycles. The molecule has 4 radical (unpaired) electrons. The van der Waals surface area contributed by atoms with Gasteiger partial charge in [-0.15, -0.1) is 0 Å². The second kappa shape index (κ2) is 4.14. The minimum absolute atomic E-state index is 0. The van der Waals surface area contributed by atoms with Crippen molar-refractivity contribution < 1.29 is 15.0 Å². The molecule has 4 heteroatoms. The van der Waals surface area contributed by atoms with Crippen molar-refractivity contribution in [2.75, 3.05) is 0 Å². The molecule has 0 amide bonds. The predicted octanol–water partition coefficient (Wildman–Crippen LogP) is -0.929. The van der Waals surface area contributed by atoms with Crippen molar-refractivity contribution >= 4 is 23.6 Å². The fraction of sp³-hybridized carbons (Fsp3) is 0.667. The van der Waals surface area contributed by atoms with Crippen molar-refractivity contribution in [2.45, 2.75) is 13.0 Å². The van der Waals surface area contributed by atoms with Gasteiger partial charge in [-0.05, 0) is 6.92 Å². The standard InChI is InChI=1S/C3H6O3.Ge/c1-2(4)3(5)6;/h2,4H,1H3,(H,5,6);. The summed E-state index contributed by atoms with van der Waals surface area (Å²) < 4.78 is 0. The van der Waals surface area contributed by atoms with Gasteiger partial charge in [0.2, 0.25) is 0 Å². The van der Waals surface area contributed by atoms with Gasteiger partial charge in [0.1, 0.15) is 6.10 Å². The first-order valence-corrected chi connectivity index (χ1v) is 1.55. The fourth-order valence-electron chi connectivity index (χ4n) is 0. The van der Waals surface area contributed by atoms with E-state index in [1.807, 2.05) is 0 Å². The predicted molar refractivity (Wildman–Crippen MR) is 25.1 cm³/mol. The van der Waals surface area contributed by atoms with Crippen LogP contribution in [0.3, 0.4) is 0 Å². The topological polar surface area (TPSA) is 57.5 Å². The Morgan fingerprint density at radius 3 is 1.86 bits per heavy atom. The largest absolute Gasteiger partial charge is 0.479 e. The number of aliphatic carboxylic acids is 1. The second-order valence-electron chi connectivity index (χ2n) is 1.01. The summed E-state index contributed by atoms with van der Waals surface area (Å²) in [5, 5.41) is 15.8. The van der Waals surface area contributed by atoms with Gasteiger partial charge in [0.15, 0.2) is 0 Å². The molecular weight excluding hydrogens is 157 g/mol. The zero-order valence-electron chi connectivity index (χ0n) is 3.88.